The molecule has 33 heavy (non-hydrogen) atoms. The first-order valence-corrected chi connectivity index (χ1v) is 11.5. The molecule has 1 aromatic carbocycles. The summed E-state index contributed by atoms with van der Waals surface area (Å²) < 4.78 is 1.75. The summed E-state index contributed by atoms with van der Waals surface area (Å²) in [5.41, 5.74) is 1.38. The van der Waals surface area contributed by atoms with Crippen LogP contribution in [0.2, 0.25) is 0 Å². The van der Waals surface area contributed by atoms with Crippen molar-refractivity contribution in [3.63, 3.8) is 0 Å². The van der Waals surface area contributed by atoms with Crippen LogP contribution < -0.4 is 10.2 Å². The number of anilines is 3. The first kappa shape index (κ1) is 22.7. The Morgan fingerprint density at radius 3 is 2.42 bits per heavy atom. The summed E-state index contributed by atoms with van der Waals surface area (Å²) in [5.74, 6) is 2.75. The number of carbonyl (C=O) groups excluding carboxylic acids is 1. The van der Waals surface area contributed by atoms with E-state index in [-0.39, 0.29) is 5.91 Å². The van der Waals surface area contributed by atoms with Crippen molar-refractivity contribution in [2.45, 2.75) is 20.8 Å². The minimum Gasteiger partial charge on any atom is -0.354 e. The SMILES string of the molecule is CCN(CC)C(=O)c1cnn(-c2ccccc2)c1Nc1cc(N2CCN(C)CC2)nc(C)n1. The Kier molecular flexibility index (Phi) is 6.88. The predicted octanol–water partition coefficient (Wildman–Crippen LogP) is 2.95. The number of para-hydroxylation sites is 1. The van der Waals surface area contributed by atoms with Crippen LogP contribution in [0.15, 0.2) is 42.6 Å². The molecule has 2 aromatic heterocycles. The molecule has 9 heteroatoms. The van der Waals surface area contributed by atoms with Gasteiger partial charge in [0.2, 0.25) is 0 Å². The van der Waals surface area contributed by atoms with Gasteiger partial charge in [0.05, 0.1) is 11.9 Å². The molecule has 1 N–H and O–H groups in total. The lowest BCUT2D eigenvalue weighted by molar-refractivity contribution is 0.0774. The molecular weight excluding hydrogens is 416 g/mol. The van der Waals surface area contributed by atoms with Gasteiger partial charge in [0.1, 0.15) is 28.8 Å². The summed E-state index contributed by atoms with van der Waals surface area (Å²) in [6.07, 6.45) is 1.63. The van der Waals surface area contributed by atoms with E-state index in [0.29, 0.717) is 36.1 Å². The van der Waals surface area contributed by atoms with E-state index in [1.54, 1.807) is 15.8 Å². The molecule has 0 atom stereocenters. The maximum atomic E-state index is 13.3. The van der Waals surface area contributed by atoms with Gasteiger partial charge in [-0.2, -0.15) is 5.10 Å². The number of likely N-dealkylation sites (N-methyl/N-ethyl adjacent to an activating group) is 1. The number of aryl methyl sites for hydroxylation is 1. The van der Waals surface area contributed by atoms with Crippen LogP contribution in [0.25, 0.3) is 5.69 Å². The smallest absolute Gasteiger partial charge is 0.259 e. The number of carbonyl (C=O) groups is 1. The molecule has 0 radical (unpaired) electrons. The number of aromatic nitrogens is 4. The van der Waals surface area contributed by atoms with E-state index in [1.165, 1.54) is 0 Å². The van der Waals surface area contributed by atoms with Crippen molar-refractivity contribution in [2.24, 2.45) is 0 Å². The van der Waals surface area contributed by atoms with Crippen LogP contribution >= 0.6 is 0 Å². The summed E-state index contributed by atoms with van der Waals surface area (Å²) >= 11 is 0. The van der Waals surface area contributed by atoms with Crippen molar-refractivity contribution in [3.05, 3.63) is 54.0 Å². The van der Waals surface area contributed by atoms with Gasteiger partial charge in [0.15, 0.2) is 0 Å². The number of hydrogen-bond donors (Lipinski definition) is 1. The third-order valence-corrected chi connectivity index (χ3v) is 5.95. The summed E-state index contributed by atoms with van der Waals surface area (Å²) in [6, 6.07) is 11.7. The molecule has 9 nitrogen and oxygen atoms in total. The van der Waals surface area contributed by atoms with Crippen molar-refractivity contribution in [1.82, 2.24) is 29.5 Å². The number of nitrogens with one attached hydrogen (secondary N) is 1. The molecule has 4 rings (SSSR count). The summed E-state index contributed by atoms with van der Waals surface area (Å²) in [4.78, 5) is 28.9. The van der Waals surface area contributed by atoms with Gasteiger partial charge in [0, 0.05) is 45.3 Å². The molecule has 0 spiro atoms. The quantitative estimate of drug-likeness (QED) is 0.595. The Morgan fingerprint density at radius 1 is 1.06 bits per heavy atom. The van der Waals surface area contributed by atoms with Gasteiger partial charge in [-0.25, -0.2) is 14.6 Å². The van der Waals surface area contributed by atoms with Crippen LogP contribution in [0.3, 0.4) is 0 Å². The fraction of sp³-hybridized carbons (Fsp3) is 0.417. The number of benzene rings is 1. The highest BCUT2D eigenvalue weighted by Gasteiger charge is 2.23. The predicted molar refractivity (Wildman–Crippen MR) is 131 cm³/mol. The van der Waals surface area contributed by atoms with E-state index < -0.39 is 0 Å². The van der Waals surface area contributed by atoms with Gasteiger partial charge < -0.3 is 20.0 Å². The maximum Gasteiger partial charge on any atom is 0.259 e. The van der Waals surface area contributed by atoms with Gasteiger partial charge in [-0.05, 0) is 40.0 Å². The Balaban J connectivity index is 1.72. The van der Waals surface area contributed by atoms with Crippen LogP contribution in [0.1, 0.15) is 30.0 Å². The number of hydrogen-bond acceptors (Lipinski definition) is 7. The van der Waals surface area contributed by atoms with Crippen LogP contribution in [-0.2, 0) is 0 Å². The molecular formula is C24H32N8O. The van der Waals surface area contributed by atoms with E-state index in [0.717, 1.165) is 37.7 Å². The first-order chi connectivity index (χ1) is 16.0. The molecule has 1 aliphatic heterocycles. The third kappa shape index (κ3) is 4.98. The molecule has 1 fully saturated rings. The minimum atomic E-state index is -0.0604. The lowest BCUT2D eigenvalue weighted by Gasteiger charge is -2.33. The molecule has 1 aliphatic rings. The lowest BCUT2D eigenvalue weighted by atomic mass is 10.2. The Bertz CT molecular complexity index is 1090. The van der Waals surface area contributed by atoms with Crippen molar-refractivity contribution >= 4 is 23.4 Å². The highest BCUT2D eigenvalue weighted by atomic mass is 16.2. The van der Waals surface area contributed by atoms with Crippen molar-refractivity contribution in [1.29, 1.82) is 0 Å². The van der Waals surface area contributed by atoms with Crippen LogP contribution in [0.4, 0.5) is 17.5 Å². The van der Waals surface area contributed by atoms with Crippen molar-refractivity contribution in [2.75, 3.05) is 56.5 Å². The second-order valence-corrected chi connectivity index (χ2v) is 8.21. The summed E-state index contributed by atoms with van der Waals surface area (Å²) in [5, 5.41) is 7.94. The third-order valence-electron chi connectivity index (χ3n) is 5.95. The van der Waals surface area contributed by atoms with E-state index in [9.17, 15) is 4.79 Å². The molecule has 0 bridgehead atoms. The highest BCUT2D eigenvalue weighted by Crippen LogP contribution is 2.27. The Morgan fingerprint density at radius 2 is 1.76 bits per heavy atom. The van der Waals surface area contributed by atoms with Crippen molar-refractivity contribution in [3.8, 4) is 5.69 Å². The van der Waals surface area contributed by atoms with Gasteiger partial charge in [-0.1, -0.05) is 18.2 Å². The number of piperazine rings is 1. The molecule has 1 amide bonds. The average molecular weight is 449 g/mol. The molecule has 3 aromatic rings. The standard InChI is InChI=1S/C24H32N8O/c1-5-30(6-2)24(33)20-17-25-32(19-10-8-7-9-11-19)23(20)28-21-16-22(27-18(3)26-21)31-14-12-29(4)13-15-31/h7-11,16-17H,5-6,12-15H2,1-4H3,(H,26,27,28). The fourth-order valence-electron chi connectivity index (χ4n) is 4.01. The topological polar surface area (TPSA) is 82.4 Å². The second kappa shape index (κ2) is 9.99. The zero-order valence-electron chi connectivity index (χ0n) is 19.8. The summed E-state index contributed by atoms with van der Waals surface area (Å²) in [6.45, 7) is 10.9. The first-order valence-electron chi connectivity index (χ1n) is 11.5. The molecule has 0 aliphatic carbocycles. The molecule has 0 saturated carbocycles. The molecule has 1 saturated heterocycles. The second-order valence-electron chi connectivity index (χ2n) is 8.21. The zero-order valence-corrected chi connectivity index (χ0v) is 19.8. The van der Waals surface area contributed by atoms with Crippen molar-refractivity contribution < 1.29 is 4.79 Å². The maximum absolute atomic E-state index is 13.3. The van der Waals surface area contributed by atoms with E-state index in [4.69, 9.17) is 0 Å². The lowest BCUT2D eigenvalue weighted by Crippen LogP contribution is -2.44. The average Bonchev–Trinajstić information content (AvgIpc) is 3.23. The van der Waals surface area contributed by atoms with Gasteiger partial charge in [0.25, 0.3) is 5.91 Å². The normalized spacial score (nSPS) is 14.4. The molecule has 174 valence electrons. The van der Waals surface area contributed by atoms with E-state index in [1.807, 2.05) is 57.2 Å². The Hall–Kier alpha value is -3.46. The van der Waals surface area contributed by atoms with Crippen LogP contribution in [-0.4, -0.2) is 81.8 Å². The van der Waals surface area contributed by atoms with Gasteiger partial charge in [-0.15, -0.1) is 0 Å². The number of amides is 1. The van der Waals surface area contributed by atoms with Gasteiger partial charge >= 0.3 is 0 Å². The Labute approximate surface area is 195 Å². The highest BCUT2D eigenvalue weighted by molar-refractivity contribution is 5.99. The number of nitrogens with zero attached hydrogens (tertiary/aromatic N) is 7. The summed E-state index contributed by atoms with van der Waals surface area (Å²) in [7, 11) is 2.13. The van der Waals surface area contributed by atoms with Gasteiger partial charge in [-0.3, -0.25) is 4.79 Å². The van der Waals surface area contributed by atoms with E-state index in [2.05, 4.69) is 37.2 Å². The molecule has 0 unspecified atom stereocenters. The fourth-order valence-corrected chi connectivity index (χ4v) is 4.01. The van der Waals surface area contributed by atoms with Crippen LogP contribution in [0.5, 0.6) is 0 Å². The minimum absolute atomic E-state index is 0.0604. The monoisotopic (exact) mass is 448 g/mol. The zero-order chi connectivity index (χ0) is 23.4. The number of rotatable bonds is 7. The van der Waals surface area contributed by atoms with E-state index >= 15 is 0 Å². The molecule has 3 heterocycles. The largest absolute Gasteiger partial charge is 0.354 e. The van der Waals surface area contributed by atoms with Crippen LogP contribution in [0, 0.1) is 6.92 Å².